The maximum atomic E-state index is 13.2. The van der Waals surface area contributed by atoms with Crippen LogP contribution in [-0.2, 0) is 12.4 Å². The maximum absolute atomic E-state index is 13.2. The van der Waals surface area contributed by atoms with Crippen LogP contribution in [0.25, 0.3) is 0 Å². The average molecular weight is 408 g/mol. The van der Waals surface area contributed by atoms with Gasteiger partial charge in [-0.05, 0) is 41.5 Å². The van der Waals surface area contributed by atoms with Crippen molar-refractivity contribution in [3.63, 3.8) is 0 Å². The first-order chi connectivity index (χ1) is 13.6. The number of alkyl halides is 6. The molecule has 0 aliphatic heterocycles. The van der Waals surface area contributed by atoms with Gasteiger partial charge in [0.25, 0.3) is 0 Å². The van der Waals surface area contributed by atoms with Crippen LogP contribution in [0.2, 0.25) is 0 Å². The number of nitrogens with zero attached hydrogens (tertiary/aromatic N) is 2. The zero-order valence-corrected chi connectivity index (χ0v) is 14.7. The second-order valence-electron chi connectivity index (χ2n) is 6.19. The Balaban J connectivity index is 2.16. The molecule has 1 unspecified atom stereocenters. The summed E-state index contributed by atoms with van der Waals surface area (Å²) < 4.78 is 79.4. The summed E-state index contributed by atoms with van der Waals surface area (Å²) >= 11 is 0. The van der Waals surface area contributed by atoms with Crippen molar-refractivity contribution in [3.05, 3.63) is 101 Å². The molecular weight excluding hydrogens is 394 g/mol. The van der Waals surface area contributed by atoms with Gasteiger partial charge in [0.05, 0.1) is 16.8 Å². The maximum Gasteiger partial charge on any atom is 0.416 e. The summed E-state index contributed by atoms with van der Waals surface area (Å²) in [5.74, 6) is 0. The molecule has 3 aromatic rings. The molecule has 2 aromatic carbocycles. The van der Waals surface area contributed by atoms with Crippen molar-refractivity contribution >= 4 is 6.21 Å². The lowest BCUT2D eigenvalue weighted by Crippen LogP contribution is -2.13. The van der Waals surface area contributed by atoms with Gasteiger partial charge >= 0.3 is 12.4 Å². The third kappa shape index (κ3) is 5.22. The van der Waals surface area contributed by atoms with Crippen molar-refractivity contribution in [2.24, 2.45) is 4.99 Å². The number of aromatic nitrogens is 1. The Morgan fingerprint density at radius 1 is 0.724 bits per heavy atom. The smallest absolute Gasteiger partial charge is 0.278 e. The standard InChI is InChI=1S/C21H14F6N2/c22-20(23,24)16-10-15(11-17(12-16)21(25,26)27)19(14-6-2-1-3-7-14)29-13-18-8-4-5-9-28-18/h1-13,19H. The summed E-state index contributed by atoms with van der Waals surface area (Å²) in [6.45, 7) is 0. The first kappa shape index (κ1) is 20.6. The number of halogens is 6. The van der Waals surface area contributed by atoms with Crippen LogP contribution >= 0.6 is 0 Å². The summed E-state index contributed by atoms with van der Waals surface area (Å²) in [4.78, 5) is 8.30. The van der Waals surface area contributed by atoms with E-state index in [0.29, 0.717) is 23.4 Å². The zero-order chi connectivity index (χ0) is 21.1. The molecule has 0 fully saturated rings. The highest BCUT2D eigenvalue weighted by atomic mass is 19.4. The quantitative estimate of drug-likeness (QED) is 0.366. The van der Waals surface area contributed by atoms with Crippen LogP contribution in [0.1, 0.15) is 34.0 Å². The number of hydrogen-bond donors (Lipinski definition) is 0. The van der Waals surface area contributed by atoms with Gasteiger partial charge < -0.3 is 0 Å². The van der Waals surface area contributed by atoms with E-state index >= 15 is 0 Å². The molecule has 3 rings (SSSR count). The van der Waals surface area contributed by atoms with Crippen LogP contribution in [0.4, 0.5) is 26.3 Å². The Morgan fingerprint density at radius 3 is 1.83 bits per heavy atom. The minimum atomic E-state index is -4.93. The number of rotatable bonds is 4. The number of hydrogen-bond acceptors (Lipinski definition) is 2. The lowest BCUT2D eigenvalue weighted by molar-refractivity contribution is -0.143. The molecule has 0 N–H and O–H groups in total. The molecule has 0 saturated heterocycles. The Morgan fingerprint density at radius 2 is 1.31 bits per heavy atom. The lowest BCUT2D eigenvalue weighted by atomic mass is 9.95. The molecule has 8 heteroatoms. The molecule has 1 aromatic heterocycles. The van der Waals surface area contributed by atoms with Gasteiger partial charge in [0.15, 0.2) is 0 Å². The highest BCUT2D eigenvalue weighted by Crippen LogP contribution is 2.39. The monoisotopic (exact) mass is 408 g/mol. The topological polar surface area (TPSA) is 25.2 Å². The SMILES string of the molecule is FC(F)(F)c1cc(C(N=Cc2ccccn2)c2ccccc2)cc(C(F)(F)F)c1. The van der Waals surface area contributed by atoms with Crippen LogP contribution in [0.3, 0.4) is 0 Å². The fourth-order valence-electron chi connectivity index (χ4n) is 2.74. The van der Waals surface area contributed by atoms with E-state index in [4.69, 9.17) is 0 Å². The summed E-state index contributed by atoms with van der Waals surface area (Å²) in [5.41, 5.74) is -2.10. The summed E-state index contributed by atoms with van der Waals surface area (Å²) in [6, 6.07) is 13.6. The van der Waals surface area contributed by atoms with Gasteiger partial charge in [0, 0.05) is 12.4 Å². The minimum absolute atomic E-state index is 0.105. The Labute approximate surface area is 162 Å². The normalized spacial score (nSPS) is 13.6. The van der Waals surface area contributed by atoms with Gasteiger partial charge in [0.2, 0.25) is 0 Å². The largest absolute Gasteiger partial charge is 0.416 e. The Hall–Kier alpha value is -3.16. The zero-order valence-electron chi connectivity index (χ0n) is 14.7. The number of benzene rings is 2. The molecule has 29 heavy (non-hydrogen) atoms. The van der Waals surface area contributed by atoms with E-state index in [1.165, 1.54) is 12.4 Å². The lowest BCUT2D eigenvalue weighted by Gasteiger charge is -2.18. The van der Waals surface area contributed by atoms with E-state index in [1.54, 1.807) is 48.5 Å². The summed E-state index contributed by atoms with van der Waals surface area (Å²) in [5, 5.41) is 0. The fourth-order valence-corrected chi connectivity index (χ4v) is 2.74. The Bertz CT molecular complexity index is 947. The predicted molar refractivity (Wildman–Crippen MR) is 96.6 cm³/mol. The number of aliphatic imine (C=N–C) groups is 1. The van der Waals surface area contributed by atoms with Gasteiger partial charge in [-0.15, -0.1) is 0 Å². The van der Waals surface area contributed by atoms with Crippen LogP contribution in [-0.4, -0.2) is 11.2 Å². The van der Waals surface area contributed by atoms with E-state index in [1.807, 2.05) is 0 Å². The highest BCUT2D eigenvalue weighted by Gasteiger charge is 2.37. The summed E-state index contributed by atoms with van der Waals surface area (Å²) in [7, 11) is 0. The van der Waals surface area contributed by atoms with Gasteiger partial charge in [-0.25, -0.2) is 0 Å². The summed E-state index contributed by atoms with van der Waals surface area (Å²) in [6.07, 6.45) is -7.03. The van der Waals surface area contributed by atoms with Crippen molar-refractivity contribution in [1.29, 1.82) is 0 Å². The molecule has 0 spiro atoms. The van der Waals surface area contributed by atoms with Gasteiger partial charge in [-0.2, -0.15) is 26.3 Å². The van der Waals surface area contributed by atoms with Gasteiger partial charge in [-0.3, -0.25) is 9.98 Å². The minimum Gasteiger partial charge on any atom is -0.278 e. The molecule has 150 valence electrons. The van der Waals surface area contributed by atoms with E-state index in [2.05, 4.69) is 9.98 Å². The second kappa shape index (κ2) is 8.06. The average Bonchev–Trinajstić information content (AvgIpc) is 2.68. The van der Waals surface area contributed by atoms with Crippen molar-refractivity contribution in [1.82, 2.24) is 4.98 Å². The molecule has 0 aliphatic carbocycles. The van der Waals surface area contributed by atoms with E-state index in [9.17, 15) is 26.3 Å². The molecular formula is C21H14F6N2. The second-order valence-corrected chi connectivity index (χ2v) is 6.19. The molecule has 1 atom stereocenters. The van der Waals surface area contributed by atoms with Crippen LogP contribution in [0.5, 0.6) is 0 Å². The molecule has 0 amide bonds. The third-order valence-electron chi connectivity index (χ3n) is 4.08. The van der Waals surface area contributed by atoms with E-state index < -0.39 is 29.5 Å². The van der Waals surface area contributed by atoms with Crippen molar-refractivity contribution in [3.8, 4) is 0 Å². The fraction of sp³-hybridized carbons (Fsp3) is 0.143. The van der Waals surface area contributed by atoms with Crippen molar-refractivity contribution in [2.45, 2.75) is 18.4 Å². The first-order valence-electron chi connectivity index (χ1n) is 8.43. The van der Waals surface area contributed by atoms with Crippen LogP contribution in [0.15, 0.2) is 77.9 Å². The molecule has 0 bridgehead atoms. The predicted octanol–water partition coefficient (Wildman–Crippen LogP) is 6.33. The van der Waals surface area contributed by atoms with Crippen LogP contribution in [0, 0.1) is 0 Å². The first-order valence-corrected chi connectivity index (χ1v) is 8.43. The molecule has 2 nitrogen and oxygen atoms in total. The van der Waals surface area contributed by atoms with Crippen molar-refractivity contribution in [2.75, 3.05) is 0 Å². The Kier molecular flexibility index (Phi) is 5.72. The molecule has 0 aliphatic rings. The van der Waals surface area contributed by atoms with Gasteiger partial charge in [-0.1, -0.05) is 36.4 Å². The highest BCUT2D eigenvalue weighted by molar-refractivity contribution is 5.77. The van der Waals surface area contributed by atoms with E-state index in [-0.39, 0.29) is 11.6 Å². The molecule has 0 radical (unpaired) electrons. The van der Waals surface area contributed by atoms with Crippen molar-refractivity contribution < 1.29 is 26.3 Å². The molecule has 0 saturated carbocycles. The third-order valence-corrected chi connectivity index (χ3v) is 4.08. The number of pyridine rings is 1. The van der Waals surface area contributed by atoms with Gasteiger partial charge in [0.1, 0.15) is 6.04 Å². The van der Waals surface area contributed by atoms with Crippen LogP contribution < -0.4 is 0 Å². The van der Waals surface area contributed by atoms with E-state index in [0.717, 1.165) is 0 Å². The molecule has 1 heterocycles.